The van der Waals surface area contributed by atoms with Crippen molar-refractivity contribution in [3.05, 3.63) is 64.7 Å². The van der Waals surface area contributed by atoms with Crippen LogP contribution in [-0.4, -0.2) is 12.4 Å². The Balaban J connectivity index is 1.51. The SMILES string of the molecule is O=C1CCc2c(OCC3Cc4ccccc43)cccc21. The summed E-state index contributed by atoms with van der Waals surface area (Å²) < 4.78 is 6.01. The van der Waals surface area contributed by atoms with Crippen LogP contribution < -0.4 is 4.74 Å². The first kappa shape index (κ1) is 11.7. The standard InChI is InChI=1S/C18H16O2/c19-17-9-8-16-15(17)6-3-7-18(16)20-11-13-10-12-4-1-2-5-14(12)13/h1-7,13H,8-11H2. The van der Waals surface area contributed by atoms with E-state index in [0.717, 1.165) is 29.7 Å². The van der Waals surface area contributed by atoms with Gasteiger partial charge in [-0.1, -0.05) is 36.4 Å². The Morgan fingerprint density at radius 2 is 1.95 bits per heavy atom. The summed E-state index contributed by atoms with van der Waals surface area (Å²) in [6.45, 7) is 0.710. The average molecular weight is 264 g/mol. The van der Waals surface area contributed by atoms with Gasteiger partial charge in [0.2, 0.25) is 0 Å². The minimum Gasteiger partial charge on any atom is -0.493 e. The molecule has 20 heavy (non-hydrogen) atoms. The molecule has 0 saturated carbocycles. The molecule has 0 aliphatic heterocycles. The predicted molar refractivity (Wildman–Crippen MR) is 77.5 cm³/mol. The van der Waals surface area contributed by atoms with E-state index in [0.29, 0.717) is 18.9 Å². The summed E-state index contributed by atoms with van der Waals surface area (Å²) in [5.41, 5.74) is 4.81. The van der Waals surface area contributed by atoms with Crippen LogP contribution in [0.15, 0.2) is 42.5 Å². The Morgan fingerprint density at radius 3 is 2.85 bits per heavy atom. The maximum absolute atomic E-state index is 11.7. The van der Waals surface area contributed by atoms with Crippen molar-refractivity contribution in [2.24, 2.45) is 0 Å². The third-order valence-electron chi connectivity index (χ3n) is 4.44. The molecule has 0 fully saturated rings. The molecule has 100 valence electrons. The molecule has 2 nitrogen and oxygen atoms in total. The molecule has 0 bridgehead atoms. The summed E-state index contributed by atoms with van der Waals surface area (Å²) in [5.74, 6) is 1.65. The summed E-state index contributed by atoms with van der Waals surface area (Å²) in [6.07, 6.45) is 2.55. The quantitative estimate of drug-likeness (QED) is 0.847. The lowest BCUT2D eigenvalue weighted by atomic mass is 9.78. The van der Waals surface area contributed by atoms with Crippen molar-refractivity contribution in [1.82, 2.24) is 0 Å². The van der Waals surface area contributed by atoms with E-state index in [1.54, 1.807) is 0 Å². The maximum atomic E-state index is 11.7. The third-order valence-corrected chi connectivity index (χ3v) is 4.44. The van der Waals surface area contributed by atoms with Crippen LogP contribution in [0.3, 0.4) is 0 Å². The summed E-state index contributed by atoms with van der Waals surface area (Å²) in [5, 5.41) is 0. The fourth-order valence-corrected chi connectivity index (χ4v) is 3.29. The molecule has 0 aromatic heterocycles. The molecule has 0 heterocycles. The van der Waals surface area contributed by atoms with E-state index in [1.165, 1.54) is 11.1 Å². The Bertz CT molecular complexity index is 688. The second-order valence-corrected chi connectivity index (χ2v) is 5.62. The minimum absolute atomic E-state index is 0.249. The minimum atomic E-state index is 0.249. The molecule has 0 saturated heterocycles. The Hall–Kier alpha value is -2.09. The first-order valence-electron chi connectivity index (χ1n) is 7.18. The van der Waals surface area contributed by atoms with E-state index in [9.17, 15) is 4.79 Å². The molecule has 1 atom stereocenters. The van der Waals surface area contributed by atoms with Crippen LogP contribution in [0, 0.1) is 0 Å². The van der Waals surface area contributed by atoms with Crippen molar-refractivity contribution in [1.29, 1.82) is 0 Å². The van der Waals surface area contributed by atoms with Crippen molar-refractivity contribution in [3.8, 4) is 5.75 Å². The van der Waals surface area contributed by atoms with E-state index < -0.39 is 0 Å². The Labute approximate surface area is 118 Å². The van der Waals surface area contributed by atoms with Crippen LogP contribution in [0.25, 0.3) is 0 Å². The zero-order valence-corrected chi connectivity index (χ0v) is 11.3. The highest BCUT2D eigenvalue weighted by atomic mass is 16.5. The lowest BCUT2D eigenvalue weighted by Gasteiger charge is -2.30. The van der Waals surface area contributed by atoms with Gasteiger partial charge in [0.1, 0.15) is 5.75 Å². The van der Waals surface area contributed by atoms with Crippen LogP contribution in [0.1, 0.15) is 39.4 Å². The van der Waals surface area contributed by atoms with E-state index in [2.05, 4.69) is 24.3 Å². The first-order chi connectivity index (χ1) is 9.83. The second kappa shape index (κ2) is 4.48. The van der Waals surface area contributed by atoms with Crippen LogP contribution in [-0.2, 0) is 12.8 Å². The van der Waals surface area contributed by atoms with Gasteiger partial charge >= 0.3 is 0 Å². The fourth-order valence-electron chi connectivity index (χ4n) is 3.29. The molecule has 0 N–H and O–H groups in total. The van der Waals surface area contributed by atoms with Gasteiger partial charge < -0.3 is 4.74 Å². The summed E-state index contributed by atoms with van der Waals surface area (Å²) >= 11 is 0. The number of ketones is 1. The van der Waals surface area contributed by atoms with Crippen LogP contribution in [0.2, 0.25) is 0 Å². The Morgan fingerprint density at radius 1 is 1.05 bits per heavy atom. The van der Waals surface area contributed by atoms with Gasteiger partial charge in [0.15, 0.2) is 5.78 Å². The second-order valence-electron chi connectivity index (χ2n) is 5.62. The van der Waals surface area contributed by atoms with Crippen LogP contribution in [0.5, 0.6) is 5.75 Å². The number of Topliss-reactive ketones (excluding diaryl/α,β-unsaturated/α-hetero) is 1. The van der Waals surface area contributed by atoms with Crippen LogP contribution in [0.4, 0.5) is 0 Å². The van der Waals surface area contributed by atoms with E-state index in [4.69, 9.17) is 4.74 Å². The molecule has 0 spiro atoms. The zero-order valence-electron chi connectivity index (χ0n) is 11.3. The smallest absolute Gasteiger partial charge is 0.163 e. The van der Waals surface area contributed by atoms with Gasteiger partial charge in [0.25, 0.3) is 0 Å². The van der Waals surface area contributed by atoms with Crippen molar-refractivity contribution in [2.45, 2.75) is 25.2 Å². The number of ether oxygens (including phenoxy) is 1. The normalized spacial score (nSPS) is 19.2. The molecule has 0 radical (unpaired) electrons. The lowest BCUT2D eigenvalue weighted by Crippen LogP contribution is -2.23. The van der Waals surface area contributed by atoms with Gasteiger partial charge in [0, 0.05) is 23.5 Å². The molecular formula is C18H16O2. The third kappa shape index (κ3) is 1.75. The van der Waals surface area contributed by atoms with E-state index in [1.807, 2.05) is 18.2 Å². The van der Waals surface area contributed by atoms with E-state index >= 15 is 0 Å². The Kier molecular flexibility index (Phi) is 2.62. The van der Waals surface area contributed by atoms with Gasteiger partial charge in [-0.3, -0.25) is 4.79 Å². The number of hydrogen-bond donors (Lipinski definition) is 0. The number of hydrogen-bond acceptors (Lipinski definition) is 2. The molecule has 1 unspecified atom stereocenters. The van der Waals surface area contributed by atoms with Crippen molar-refractivity contribution < 1.29 is 9.53 Å². The number of fused-ring (bicyclic) bond motifs is 2. The average Bonchev–Trinajstić information content (AvgIpc) is 2.83. The van der Waals surface area contributed by atoms with Crippen molar-refractivity contribution >= 4 is 5.78 Å². The van der Waals surface area contributed by atoms with Gasteiger partial charge in [-0.05, 0) is 30.0 Å². The largest absolute Gasteiger partial charge is 0.493 e. The van der Waals surface area contributed by atoms with Gasteiger partial charge in [0.05, 0.1) is 6.61 Å². The molecule has 4 rings (SSSR count). The van der Waals surface area contributed by atoms with E-state index in [-0.39, 0.29) is 5.78 Å². The number of carbonyl (C=O) groups excluding carboxylic acids is 1. The number of carbonyl (C=O) groups is 1. The highest BCUT2D eigenvalue weighted by Gasteiger charge is 2.27. The molecule has 2 aliphatic carbocycles. The van der Waals surface area contributed by atoms with Crippen molar-refractivity contribution in [3.63, 3.8) is 0 Å². The van der Waals surface area contributed by atoms with Gasteiger partial charge in [-0.25, -0.2) is 0 Å². The maximum Gasteiger partial charge on any atom is 0.163 e. The van der Waals surface area contributed by atoms with Crippen LogP contribution >= 0.6 is 0 Å². The van der Waals surface area contributed by atoms with Gasteiger partial charge in [-0.15, -0.1) is 0 Å². The topological polar surface area (TPSA) is 26.3 Å². The summed E-state index contributed by atoms with van der Waals surface area (Å²) in [6, 6.07) is 14.4. The first-order valence-corrected chi connectivity index (χ1v) is 7.18. The van der Waals surface area contributed by atoms with Crippen molar-refractivity contribution in [2.75, 3.05) is 6.61 Å². The molecule has 2 aromatic rings. The molecule has 2 heteroatoms. The molecule has 0 amide bonds. The highest BCUT2D eigenvalue weighted by Crippen LogP contribution is 2.36. The van der Waals surface area contributed by atoms with Gasteiger partial charge in [-0.2, -0.15) is 0 Å². The molecule has 2 aromatic carbocycles. The fraction of sp³-hybridized carbons (Fsp3) is 0.278. The number of benzene rings is 2. The highest BCUT2D eigenvalue weighted by molar-refractivity contribution is 6.01. The summed E-state index contributed by atoms with van der Waals surface area (Å²) in [4.78, 5) is 11.7. The number of rotatable bonds is 3. The zero-order chi connectivity index (χ0) is 13.5. The summed E-state index contributed by atoms with van der Waals surface area (Å²) in [7, 11) is 0. The molecular weight excluding hydrogens is 248 g/mol. The monoisotopic (exact) mass is 264 g/mol. The lowest BCUT2D eigenvalue weighted by molar-refractivity contribution is 0.0994. The molecule has 2 aliphatic rings. The predicted octanol–water partition coefficient (Wildman–Crippen LogP) is 3.53.